The van der Waals surface area contributed by atoms with Crippen molar-refractivity contribution in [3.63, 3.8) is 0 Å². The summed E-state index contributed by atoms with van der Waals surface area (Å²) < 4.78 is 0. The molecule has 1 unspecified atom stereocenters. The summed E-state index contributed by atoms with van der Waals surface area (Å²) in [5.74, 6) is 1.51. The number of nitrogens with zero attached hydrogens (tertiary/aromatic N) is 2. The van der Waals surface area contributed by atoms with Gasteiger partial charge < -0.3 is 5.73 Å². The zero-order valence-electron chi connectivity index (χ0n) is 21.4. The van der Waals surface area contributed by atoms with Gasteiger partial charge in [0.05, 0.1) is 0 Å². The van der Waals surface area contributed by atoms with Crippen LogP contribution in [0.2, 0.25) is 0 Å². The number of anilines is 1. The number of fused-ring (bicyclic) bond motifs is 5. The third-order valence-corrected chi connectivity index (χ3v) is 8.36. The van der Waals surface area contributed by atoms with Gasteiger partial charge in [0.25, 0.3) is 0 Å². The first-order chi connectivity index (χ1) is 18.3. The lowest BCUT2D eigenvalue weighted by atomic mass is 9.75. The van der Waals surface area contributed by atoms with Crippen LogP contribution in [0.1, 0.15) is 77.3 Å². The molecule has 1 aromatic heterocycles. The molecule has 186 valence electrons. The monoisotopic (exact) mass is 485 g/mol. The number of rotatable bonds is 2. The fourth-order valence-electron chi connectivity index (χ4n) is 6.48. The molecule has 0 aliphatic heterocycles. The Hall–Kier alpha value is -3.72. The van der Waals surface area contributed by atoms with Gasteiger partial charge in [0.1, 0.15) is 0 Å². The van der Waals surface area contributed by atoms with Crippen molar-refractivity contribution >= 4 is 5.95 Å². The quantitative estimate of drug-likeness (QED) is 0.295. The Morgan fingerprint density at radius 1 is 0.676 bits per heavy atom. The van der Waals surface area contributed by atoms with Gasteiger partial charge in [-0.05, 0) is 88.6 Å². The van der Waals surface area contributed by atoms with E-state index in [-0.39, 0.29) is 0 Å². The van der Waals surface area contributed by atoms with E-state index in [1.54, 1.807) is 35.2 Å². The van der Waals surface area contributed by atoms with Crippen molar-refractivity contribution in [1.82, 2.24) is 9.97 Å². The largest absolute Gasteiger partial charge is 0.368 e. The van der Waals surface area contributed by atoms with Crippen LogP contribution in [-0.2, 0) is 19.3 Å². The minimum atomic E-state index is 0.322. The van der Waals surface area contributed by atoms with Gasteiger partial charge in [-0.25, -0.2) is 9.97 Å². The molecule has 3 aliphatic carbocycles. The number of nitrogens with two attached hydrogens (primary N) is 1. The third kappa shape index (κ3) is 4.96. The molecular formula is C34H35N3. The molecule has 7 rings (SSSR count). The second-order valence-corrected chi connectivity index (χ2v) is 10.5. The van der Waals surface area contributed by atoms with Crippen LogP contribution < -0.4 is 5.73 Å². The number of allylic oxidation sites excluding steroid dienone is 2. The molecule has 1 fully saturated rings. The summed E-state index contributed by atoms with van der Waals surface area (Å²) in [6.07, 6.45) is 18.4. The first-order valence-corrected chi connectivity index (χ1v) is 13.8. The van der Waals surface area contributed by atoms with Crippen molar-refractivity contribution < 1.29 is 0 Å². The summed E-state index contributed by atoms with van der Waals surface area (Å²) in [6, 6.07) is 25.1. The van der Waals surface area contributed by atoms with Crippen LogP contribution in [0.5, 0.6) is 0 Å². The van der Waals surface area contributed by atoms with Crippen LogP contribution in [0.15, 0.2) is 91.3 Å². The molecule has 0 bridgehead atoms. The zero-order chi connectivity index (χ0) is 25.0. The molecule has 0 amide bonds. The smallest absolute Gasteiger partial charge is 0.219 e. The molecule has 0 spiro atoms. The summed E-state index contributed by atoms with van der Waals surface area (Å²) in [7, 11) is 0. The van der Waals surface area contributed by atoms with Gasteiger partial charge in [-0.3, -0.25) is 0 Å². The van der Waals surface area contributed by atoms with Crippen LogP contribution in [0, 0.1) is 0 Å². The highest BCUT2D eigenvalue weighted by molar-refractivity contribution is 5.75. The van der Waals surface area contributed by atoms with E-state index in [9.17, 15) is 0 Å². The maximum atomic E-state index is 5.14. The number of aryl methyl sites for hydroxylation is 1. The van der Waals surface area contributed by atoms with E-state index in [1.807, 2.05) is 0 Å². The molecule has 1 heterocycles. The summed E-state index contributed by atoms with van der Waals surface area (Å²) >= 11 is 0. The number of benzene rings is 3. The fraction of sp³-hybridized carbons (Fsp3) is 0.294. The molecule has 0 saturated heterocycles. The van der Waals surface area contributed by atoms with Gasteiger partial charge in [0.15, 0.2) is 0 Å². The van der Waals surface area contributed by atoms with Crippen molar-refractivity contribution in [2.24, 2.45) is 0 Å². The Morgan fingerprint density at radius 3 is 2.19 bits per heavy atom. The van der Waals surface area contributed by atoms with E-state index < -0.39 is 0 Å². The molecule has 1 saturated carbocycles. The lowest BCUT2D eigenvalue weighted by Crippen LogP contribution is -2.14. The van der Waals surface area contributed by atoms with E-state index in [0.29, 0.717) is 11.9 Å². The molecule has 3 nitrogen and oxygen atoms in total. The van der Waals surface area contributed by atoms with Crippen molar-refractivity contribution in [3.05, 3.63) is 125 Å². The molecule has 37 heavy (non-hydrogen) atoms. The highest BCUT2D eigenvalue weighted by Crippen LogP contribution is 2.42. The van der Waals surface area contributed by atoms with Crippen LogP contribution in [-0.4, -0.2) is 9.97 Å². The minimum Gasteiger partial charge on any atom is -0.368 e. The van der Waals surface area contributed by atoms with E-state index >= 15 is 0 Å². The Kier molecular flexibility index (Phi) is 6.86. The average Bonchev–Trinajstić information content (AvgIpc) is 2.98. The standard InChI is InChI=1S/C30H30.C4H5N3/c1-2-7-21(8-3-1)22-13-15-24(16-14-22)26-11-6-12-27-28(26)19-20-29-25-10-5-4-9-23(25)17-18-30(27)29;5-4-6-2-1-3-7-4/h4-6,9-11,13-16,19-21,26H,1-3,7-8,12,17-18H2;1-3H,(H2,5,6,7). The number of nitrogen functional groups attached to an aromatic ring is 1. The first kappa shape index (κ1) is 23.7. The predicted octanol–water partition coefficient (Wildman–Crippen LogP) is 7.80. The Morgan fingerprint density at radius 2 is 1.43 bits per heavy atom. The lowest BCUT2D eigenvalue weighted by Gasteiger charge is -2.29. The van der Waals surface area contributed by atoms with Gasteiger partial charge in [-0.15, -0.1) is 0 Å². The predicted molar refractivity (Wildman–Crippen MR) is 153 cm³/mol. The molecule has 3 aliphatic rings. The second-order valence-electron chi connectivity index (χ2n) is 10.5. The van der Waals surface area contributed by atoms with Crippen molar-refractivity contribution in [3.8, 4) is 11.1 Å². The fourth-order valence-corrected chi connectivity index (χ4v) is 6.48. The summed E-state index contributed by atoms with van der Waals surface area (Å²) in [5, 5.41) is 0. The van der Waals surface area contributed by atoms with Crippen LogP contribution in [0.4, 0.5) is 5.95 Å². The molecule has 0 radical (unpaired) electrons. The summed E-state index contributed by atoms with van der Waals surface area (Å²) in [6.45, 7) is 0. The van der Waals surface area contributed by atoms with E-state index in [0.717, 1.165) is 12.3 Å². The van der Waals surface area contributed by atoms with Crippen molar-refractivity contribution in [1.29, 1.82) is 0 Å². The van der Waals surface area contributed by atoms with Crippen molar-refractivity contribution in [2.45, 2.75) is 63.2 Å². The van der Waals surface area contributed by atoms with Gasteiger partial charge in [0.2, 0.25) is 5.95 Å². The van der Waals surface area contributed by atoms with Crippen LogP contribution >= 0.6 is 0 Å². The molecule has 1 atom stereocenters. The van der Waals surface area contributed by atoms with Crippen LogP contribution in [0.3, 0.4) is 0 Å². The average molecular weight is 486 g/mol. The summed E-state index contributed by atoms with van der Waals surface area (Å²) in [4.78, 5) is 7.29. The molecule has 3 heteroatoms. The Balaban J connectivity index is 0.000000314. The second kappa shape index (κ2) is 10.7. The maximum Gasteiger partial charge on any atom is 0.219 e. The SMILES string of the molecule is C1=CC(c2ccc(C3CCCCC3)cc2)c2ccc3c(c2C1)CCc1ccccc1-3.Nc1ncccn1. The molecule has 2 N–H and O–H groups in total. The highest BCUT2D eigenvalue weighted by Gasteiger charge is 2.25. The maximum absolute atomic E-state index is 5.14. The van der Waals surface area contributed by atoms with E-state index in [1.165, 1.54) is 72.8 Å². The first-order valence-electron chi connectivity index (χ1n) is 13.8. The van der Waals surface area contributed by atoms with Gasteiger partial charge >= 0.3 is 0 Å². The summed E-state index contributed by atoms with van der Waals surface area (Å²) in [5.41, 5.74) is 17.3. The number of hydrogen-bond donors (Lipinski definition) is 1. The minimum absolute atomic E-state index is 0.322. The van der Waals surface area contributed by atoms with Gasteiger partial charge in [0, 0.05) is 18.3 Å². The Labute approximate surface area is 220 Å². The zero-order valence-corrected chi connectivity index (χ0v) is 21.4. The molecule has 4 aromatic rings. The van der Waals surface area contributed by atoms with Gasteiger partial charge in [-0.1, -0.05) is 92.1 Å². The molecule has 3 aromatic carbocycles. The van der Waals surface area contributed by atoms with Gasteiger partial charge in [-0.2, -0.15) is 0 Å². The third-order valence-electron chi connectivity index (χ3n) is 8.36. The van der Waals surface area contributed by atoms with E-state index in [2.05, 4.69) is 82.8 Å². The normalized spacial score (nSPS) is 18.1. The number of aromatic nitrogens is 2. The molecular weight excluding hydrogens is 450 g/mol. The lowest BCUT2D eigenvalue weighted by molar-refractivity contribution is 0.443. The van der Waals surface area contributed by atoms with Crippen molar-refractivity contribution in [2.75, 3.05) is 5.73 Å². The highest BCUT2D eigenvalue weighted by atomic mass is 15.0. The topological polar surface area (TPSA) is 51.8 Å². The number of hydrogen-bond acceptors (Lipinski definition) is 3. The Bertz CT molecular complexity index is 1380. The van der Waals surface area contributed by atoms with Crippen LogP contribution in [0.25, 0.3) is 11.1 Å². The van der Waals surface area contributed by atoms with E-state index in [4.69, 9.17) is 5.73 Å².